The van der Waals surface area contributed by atoms with Crippen LogP contribution < -0.4 is 14.8 Å². The average molecular weight is 441 g/mol. The normalized spacial score (nSPS) is 14.0. The van der Waals surface area contributed by atoms with E-state index in [4.69, 9.17) is 0 Å². The van der Waals surface area contributed by atoms with Crippen molar-refractivity contribution in [2.45, 2.75) is 38.4 Å². The van der Waals surface area contributed by atoms with Gasteiger partial charge in [-0.1, -0.05) is 6.07 Å². The standard InChI is InChI=1S/C15H13F6N5O4/c1-7(14(16,17)18)29-12-23-11(22-9-4-3-5-10(6-9)26(27)28)24-13(25-12)30-8(2)15(19,20)21/h3-8H,1-2H3,(H,22,23,24,25). The molecule has 0 aliphatic heterocycles. The summed E-state index contributed by atoms with van der Waals surface area (Å²) in [6.07, 6.45) is -14.4. The largest absolute Gasteiger partial charge is 0.451 e. The van der Waals surface area contributed by atoms with Gasteiger partial charge in [0.25, 0.3) is 5.69 Å². The summed E-state index contributed by atoms with van der Waals surface area (Å²) in [6.45, 7) is 1.27. The van der Waals surface area contributed by atoms with Gasteiger partial charge in [0.1, 0.15) is 0 Å². The van der Waals surface area contributed by atoms with Crippen LogP contribution in [0.3, 0.4) is 0 Å². The lowest BCUT2D eigenvalue weighted by molar-refractivity contribution is -0.384. The summed E-state index contributed by atoms with van der Waals surface area (Å²) in [7, 11) is 0. The molecule has 0 saturated carbocycles. The highest BCUT2D eigenvalue weighted by molar-refractivity contribution is 5.57. The van der Waals surface area contributed by atoms with E-state index < -0.39 is 47.5 Å². The molecule has 0 radical (unpaired) electrons. The first-order valence-electron chi connectivity index (χ1n) is 8.00. The molecule has 0 fully saturated rings. The van der Waals surface area contributed by atoms with Crippen LogP contribution in [0.5, 0.6) is 12.0 Å². The van der Waals surface area contributed by atoms with Gasteiger partial charge < -0.3 is 14.8 Å². The highest BCUT2D eigenvalue weighted by atomic mass is 19.4. The molecule has 30 heavy (non-hydrogen) atoms. The number of nitrogens with one attached hydrogen (secondary N) is 1. The first kappa shape index (κ1) is 22.9. The molecule has 1 aromatic heterocycles. The second-order valence-corrected chi connectivity index (χ2v) is 5.76. The van der Waals surface area contributed by atoms with E-state index in [-0.39, 0.29) is 11.4 Å². The Bertz CT molecular complexity index is 868. The van der Waals surface area contributed by atoms with Crippen LogP contribution in [0, 0.1) is 10.1 Å². The number of alkyl halides is 6. The second kappa shape index (κ2) is 8.54. The average Bonchev–Trinajstić information content (AvgIpc) is 2.60. The number of hydrogen-bond acceptors (Lipinski definition) is 8. The lowest BCUT2D eigenvalue weighted by atomic mass is 10.3. The van der Waals surface area contributed by atoms with E-state index in [1.54, 1.807) is 0 Å². The number of halogens is 6. The molecule has 0 aliphatic rings. The molecule has 2 unspecified atom stereocenters. The number of anilines is 2. The summed E-state index contributed by atoms with van der Waals surface area (Å²) in [4.78, 5) is 20.5. The van der Waals surface area contributed by atoms with Gasteiger partial charge in [0.05, 0.1) is 4.92 Å². The van der Waals surface area contributed by atoms with Crippen LogP contribution in [0.1, 0.15) is 13.8 Å². The zero-order valence-electron chi connectivity index (χ0n) is 15.2. The molecule has 0 bridgehead atoms. The van der Waals surface area contributed by atoms with E-state index >= 15 is 0 Å². The fourth-order valence-corrected chi connectivity index (χ4v) is 1.78. The smallest absolute Gasteiger partial charge is 0.425 e. The number of rotatable bonds is 7. The molecule has 1 heterocycles. The van der Waals surface area contributed by atoms with Crippen LogP contribution in [-0.2, 0) is 0 Å². The molecule has 1 aromatic carbocycles. The van der Waals surface area contributed by atoms with E-state index in [1.165, 1.54) is 12.1 Å². The summed E-state index contributed by atoms with van der Waals surface area (Å²) in [5, 5.41) is 13.2. The van der Waals surface area contributed by atoms with Crippen molar-refractivity contribution < 1.29 is 40.7 Å². The van der Waals surface area contributed by atoms with Crippen LogP contribution in [0.25, 0.3) is 0 Å². The van der Waals surface area contributed by atoms with Crippen molar-refractivity contribution in [3.63, 3.8) is 0 Å². The Balaban J connectivity index is 2.37. The van der Waals surface area contributed by atoms with Gasteiger partial charge in [0.15, 0.2) is 12.2 Å². The fourth-order valence-electron chi connectivity index (χ4n) is 1.78. The van der Waals surface area contributed by atoms with E-state index in [1.807, 2.05) is 0 Å². The van der Waals surface area contributed by atoms with Crippen molar-refractivity contribution in [3.05, 3.63) is 34.4 Å². The van der Waals surface area contributed by atoms with E-state index in [2.05, 4.69) is 29.7 Å². The topological polar surface area (TPSA) is 112 Å². The molecule has 0 spiro atoms. The van der Waals surface area contributed by atoms with Gasteiger partial charge in [0.2, 0.25) is 5.95 Å². The quantitative estimate of drug-likeness (QED) is 0.387. The van der Waals surface area contributed by atoms with Crippen LogP contribution in [0.4, 0.5) is 43.7 Å². The highest BCUT2D eigenvalue weighted by Crippen LogP contribution is 2.28. The number of hydrogen-bond donors (Lipinski definition) is 1. The molecule has 0 aliphatic carbocycles. The molecule has 1 N–H and O–H groups in total. The third kappa shape index (κ3) is 6.31. The monoisotopic (exact) mass is 441 g/mol. The highest BCUT2D eigenvalue weighted by Gasteiger charge is 2.40. The van der Waals surface area contributed by atoms with Gasteiger partial charge in [-0.2, -0.15) is 36.3 Å². The molecule has 9 nitrogen and oxygen atoms in total. The van der Waals surface area contributed by atoms with Crippen molar-refractivity contribution in [2.24, 2.45) is 0 Å². The molecule has 0 amide bonds. The van der Waals surface area contributed by atoms with Crippen LogP contribution in [-0.4, -0.2) is 44.4 Å². The minimum absolute atomic E-state index is 0.0278. The van der Waals surface area contributed by atoms with Crippen molar-refractivity contribution in [3.8, 4) is 12.0 Å². The Morgan fingerprint density at radius 1 is 0.967 bits per heavy atom. The van der Waals surface area contributed by atoms with Gasteiger partial charge in [-0.15, -0.1) is 4.98 Å². The third-order valence-corrected chi connectivity index (χ3v) is 3.39. The summed E-state index contributed by atoms with van der Waals surface area (Å²) >= 11 is 0. The van der Waals surface area contributed by atoms with Crippen LogP contribution in [0.15, 0.2) is 24.3 Å². The number of aromatic nitrogens is 3. The van der Waals surface area contributed by atoms with Gasteiger partial charge in [-0.3, -0.25) is 10.1 Å². The molecule has 164 valence electrons. The van der Waals surface area contributed by atoms with Crippen molar-refractivity contribution >= 4 is 17.3 Å². The summed E-state index contributed by atoms with van der Waals surface area (Å²) < 4.78 is 85.3. The maximum atomic E-state index is 12.7. The van der Waals surface area contributed by atoms with Gasteiger partial charge in [-0.05, 0) is 19.9 Å². The number of nitro benzene ring substituents is 1. The molecule has 2 atom stereocenters. The minimum Gasteiger partial charge on any atom is -0.451 e. The maximum absolute atomic E-state index is 12.7. The Kier molecular flexibility index (Phi) is 6.52. The molecule has 2 rings (SSSR count). The predicted molar refractivity (Wildman–Crippen MR) is 88.5 cm³/mol. The van der Waals surface area contributed by atoms with Gasteiger partial charge in [0, 0.05) is 17.8 Å². The third-order valence-electron chi connectivity index (χ3n) is 3.39. The van der Waals surface area contributed by atoms with Crippen molar-refractivity contribution in [1.82, 2.24) is 15.0 Å². The van der Waals surface area contributed by atoms with E-state index in [0.29, 0.717) is 13.8 Å². The summed E-state index contributed by atoms with van der Waals surface area (Å²) in [5.74, 6) is -0.556. The van der Waals surface area contributed by atoms with Gasteiger partial charge in [-0.25, -0.2) is 0 Å². The number of nitro groups is 1. The summed E-state index contributed by atoms with van der Waals surface area (Å²) in [5.41, 5.74) is -0.307. The summed E-state index contributed by atoms with van der Waals surface area (Å²) in [6, 6.07) is 2.89. The molecule has 0 saturated heterocycles. The lowest BCUT2D eigenvalue weighted by Gasteiger charge is -2.19. The molecule has 15 heteroatoms. The Hall–Kier alpha value is -3.39. The Morgan fingerprint density at radius 2 is 1.47 bits per heavy atom. The first-order chi connectivity index (χ1) is 13.8. The SMILES string of the molecule is CC(Oc1nc(Nc2cccc([N+](=O)[O-])c2)nc(OC(C)C(F)(F)F)n1)C(F)(F)F. The molecule has 2 aromatic rings. The Labute approximate surface area is 164 Å². The number of benzene rings is 1. The maximum Gasteiger partial charge on any atom is 0.425 e. The molecular weight excluding hydrogens is 428 g/mol. The second-order valence-electron chi connectivity index (χ2n) is 5.76. The van der Waals surface area contributed by atoms with Crippen molar-refractivity contribution in [1.29, 1.82) is 0 Å². The molecular formula is C15H13F6N5O4. The van der Waals surface area contributed by atoms with Gasteiger partial charge >= 0.3 is 24.4 Å². The number of nitrogens with zero attached hydrogens (tertiary/aromatic N) is 4. The van der Waals surface area contributed by atoms with E-state index in [0.717, 1.165) is 12.1 Å². The number of ether oxygens (including phenoxy) is 2. The van der Waals surface area contributed by atoms with Crippen LogP contribution >= 0.6 is 0 Å². The van der Waals surface area contributed by atoms with E-state index in [9.17, 15) is 36.5 Å². The zero-order valence-corrected chi connectivity index (χ0v) is 15.2. The van der Waals surface area contributed by atoms with Crippen LogP contribution in [0.2, 0.25) is 0 Å². The minimum atomic E-state index is -4.81. The fraction of sp³-hybridized carbons (Fsp3) is 0.400. The predicted octanol–water partition coefficient (Wildman–Crippen LogP) is 4.18. The zero-order chi connectivity index (χ0) is 22.7. The van der Waals surface area contributed by atoms with Crippen molar-refractivity contribution in [2.75, 3.05) is 5.32 Å². The first-order valence-corrected chi connectivity index (χ1v) is 8.00. The number of non-ortho nitro benzene ring substituents is 1. The lowest BCUT2D eigenvalue weighted by Crippen LogP contribution is -2.33. The Morgan fingerprint density at radius 3 is 1.90 bits per heavy atom.